The van der Waals surface area contributed by atoms with Gasteiger partial charge in [-0.2, -0.15) is 5.10 Å². The second kappa shape index (κ2) is 7.26. The second-order valence-electron chi connectivity index (χ2n) is 7.78. The number of hydrogen-bond donors (Lipinski definition) is 1. The van der Waals surface area contributed by atoms with E-state index in [0.717, 1.165) is 55.3 Å². The zero-order valence-electron chi connectivity index (χ0n) is 16.1. The van der Waals surface area contributed by atoms with Gasteiger partial charge in [0.2, 0.25) is 5.95 Å². The highest BCUT2D eigenvalue weighted by molar-refractivity contribution is 5.38. The van der Waals surface area contributed by atoms with E-state index < -0.39 is 0 Å². The lowest BCUT2D eigenvalue weighted by atomic mass is 9.98. The fourth-order valence-corrected chi connectivity index (χ4v) is 3.99. The SMILES string of the molecule is COc1ccc(C2CCN(c3nnc(Cc4ncn[nH]4)n3CC3CC3)C2)cc1. The number of methoxy groups -OCH3 is 1. The minimum Gasteiger partial charge on any atom is -0.497 e. The smallest absolute Gasteiger partial charge is 0.227 e. The van der Waals surface area contributed by atoms with Crippen LogP contribution in [0.2, 0.25) is 0 Å². The first-order valence-corrected chi connectivity index (χ1v) is 9.95. The van der Waals surface area contributed by atoms with Gasteiger partial charge in [0.1, 0.15) is 23.7 Å². The zero-order chi connectivity index (χ0) is 18.9. The molecule has 1 saturated carbocycles. The standard InChI is InChI=1S/C20H25N7O/c1-28-17-6-4-15(5-7-17)16-8-9-26(12-16)20-25-24-19(10-18-21-13-22-23-18)27(20)11-14-2-3-14/h4-7,13-14,16H,2-3,8-12H2,1H3,(H,21,22,23). The number of aromatic nitrogens is 6. The molecular weight excluding hydrogens is 354 g/mol. The van der Waals surface area contributed by atoms with Crippen LogP contribution in [-0.2, 0) is 13.0 Å². The van der Waals surface area contributed by atoms with E-state index in [0.29, 0.717) is 12.3 Å². The summed E-state index contributed by atoms with van der Waals surface area (Å²) in [6.07, 6.45) is 5.90. The highest BCUT2D eigenvalue weighted by Gasteiger charge is 2.31. The summed E-state index contributed by atoms with van der Waals surface area (Å²) < 4.78 is 7.58. The Morgan fingerprint density at radius 2 is 2.00 bits per heavy atom. The van der Waals surface area contributed by atoms with Crippen LogP contribution in [0.1, 0.15) is 42.4 Å². The van der Waals surface area contributed by atoms with Gasteiger partial charge in [-0.15, -0.1) is 10.2 Å². The summed E-state index contributed by atoms with van der Waals surface area (Å²) in [4.78, 5) is 6.63. The van der Waals surface area contributed by atoms with E-state index >= 15 is 0 Å². The quantitative estimate of drug-likeness (QED) is 0.679. The van der Waals surface area contributed by atoms with Crippen molar-refractivity contribution in [1.82, 2.24) is 29.9 Å². The Kier molecular flexibility index (Phi) is 4.46. The van der Waals surface area contributed by atoms with Crippen LogP contribution in [0.3, 0.4) is 0 Å². The molecule has 0 spiro atoms. The van der Waals surface area contributed by atoms with Crippen molar-refractivity contribution in [2.75, 3.05) is 25.1 Å². The van der Waals surface area contributed by atoms with E-state index in [1.165, 1.54) is 24.7 Å². The first-order chi connectivity index (χ1) is 13.8. The van der Waals surface area contributed by atoms with Crippen LogP contribution in [0.15, 0.2) is 30.6 Å². The Morgan fingerprint density at radius 1 is 1.14 bits per heavy atom. The molecule has 1 saturated heterocycles. The van der Waals surface area contributed by atoms with E-state index in [-0.39, 0.29) is 0 Å². The molecule has 8 heteroatoms. The molecule has 8 nitrogen and oxygen atoms in total. The first kappa shape index (κ1) is 17.2. The van der Waals surface area contributed by atoms with E-state index in [9.17, 15) is 0 Å². The maximum absolute atomic E-state index is 5.28. The molecule has 0 bridgehead atoms. The lowest BCUT2D eigenvalue weighted by Gasteiger charge is -2.19. The average molecular weight is 379 g/mol. The Bertz CT molecular complexity index is 915. The Morgan fingerprint density at radius 3 is 2.71 bits per heavy atom. The van der Waals surface area contributed by atoms with Crippen LogP contribution >= 0.6 is 0 Å². The van der Waals surface area contributed by atoms with E-state index in [1.54, 1.807) is 7.11 Å². The van der Waals surface area contributed by atoms with Gasteiger partial charge < -0.3 is 9.64 Å². The zero-order valence-corrected chi connectivity index (χ0v) is 16.1. The molecule has 146 valence electrons. The topological polar surface area (TPSA) is 84.8 Å². The van der Waals surface area contributed by atoms with Gasteiger partial charge in [0.15, 0.2) is 0 Å². The summed E-state index contributed by atoms with van der Waals surface area (Å²) >= 11 is 0. The number of anilines is 1. The summed E-state index contributed by atoms with van der Waals surface area (Å²) in [6.45, 7) is 2.97. The first-order valence-electron chi connectivity index (χ1n) is 9.95. The molecule has 1 atom stereocenters. The number of benzene rings is 1. The molecule has 3 aromatic rings. The van der Waals surface area contributed by atoms with Gasteiger partial charge in [-0.05, 0) is 42.9 Å². The number of nitrogens with zero attached hydrogens (tertiary/aromatic N) is 6. The minimum atomic E-state index is 0.509. The maximum atomic E-state index is 5.28. The number of hydrogen-bond acceptors (Lipinski definition) is 6. The summed E-state index contributed by atoms with van der Waals surface area (Å²) in [5, 5.41) is 16.0. The molecule has 3 heterocycles. The molecule has 1 aromatic carbocycles. The molecule has 28 heavy (non-hydrogen) atoms. The van der Waals surface area contributed by atoms with Crippen LogP contribution in [-0.4, -0.2) is 50.1 Å². The van der Waals surface area contributed by atoms with Crippen LogP contribution in [0.4, 0.5) is 5.95 Å². The lowest BCUT2D eigenvalue weighted by Crippen LogP contribution is -2.24. The molecule has 0 amide bonds. The maximum Gasteiger partial charge on any atom is 0.227 e. The van der Waals surface area contributed by atoms with Gasteiger partial charge in [0.05, 0.1) is 13.5 Å². The van der Waals surface area contributed by atoms with Crippen molar-refractivity contribution in [3.8, 4) is 5.75 Å². The van der Waals surface area contributed by atoms with Crippen LogP contribution in [0.5, 0.6) is 5.75 Å². The van der Waals surface area contributed by atoms with Crippen LogP contribution in [0, 0.1) is 5.92 Å². The lowest BCUT2D eigenvalue weighted by molar-refractivity contribution is 0.414. The van der Waals surface area contributed by atoms with Crippen molar-refractivity contribution in [3.63, 3.8) is 0 Å². The number of H-pyrrole nitrogens is 1. The Balaban J connectivity index is 1.35. The Hall–Kier alpha value is -2.90. The van der Waals surface area contributed by atoms with E-state index in [4.69, 9.17) is 4.74 Å². The van der Waals surface area contributed by atoms with Gasteiger partial charge in [0.25, 0.3) is 0 Å². The summed E-state index contributed by atoms with van der Waals surface area (Å²) in [5.74, 6) is 4.95. The fourth-order valence-electron chi connectivity index (χ4n) is 3.99. The van der Waals surface area contributed by atoms with Gasteiger partial charge in [-0.25, -0.2) is 4.98 Å². The van der Waals surface area contributed by atoms with Gasteiger partial charge >= 0.3 is 0 Å². The van der Waals surface area contributed by atoms with Crippen molar-refractivity contribution in [2.45, 2.75) is 38.1 Å². The molecule has 1 unspecified atom stereocenters. The highest BCUT2D eigenvalue weighted by atomic mass is 16.5. The number of aromatic amines is 1. The van der Waals surface area contributed by atoms with Crippen molar-refractivity contribution >= 4 is 5.95 Å². The van der Waals surface area contributed by atoms with Crippen LogP contribution < -0.4 is 9.64 Å². The highest BCUT2D eigenvalue weighted by Crippen LogP contribution is 2.35. The number of rotatable bonds is 7. The second-order valence-corrected chi connectivity index (χ2v) is 7.78. The number of ether oxygens (including phenoxy) is 1. The molecule has 1 aliphatic carbocycles. The molecular formula is C20H25N7O. The monoisotopic (exact) mass is 379 g/mol. The fraction of sp³-hybridized carbons (Fsp3) is 0.500. The third-order valence-electron chi connectivity index (χ3n) is 5.79. The summed E-state index contributed by atoms with van der Waals surface area (Å²) in [6, 6.07) is 8.45. The summed E-state index contributed by atoms with van der Waals surface area (Å²) in [5.41, 5.74) is 1.36. The van der Waals surface area contributed by atoms with Gasteiger partial charge in [-0.3, -0.25) is 9.67 Å². The van der Waals surface area contributed by atoms with Crippen molar-refractivity contribution in [3.05, 3.63) is 47.8 Å². The van der Waals surface area contributed by atoms with Gasteiger partial charge in [0, 0.05) is 25.6 Å². The van der Waals surface area contributed by atoms with Crippen LogP contribution in [0.25, 0.3) is 0 Å². The number of nitrogens with one attached hydrogen (secondary N) is 1. The largest absolute Gasteiger partial charge is 0.497 e. The molecule has 2 aliphatic rings. The molecule has 1 aliphatic heterocycles. The molecule has 5 rings (SSSR count). The summed E-state index contributed by atoms with van der Waals surface area (Å²) in [7, 11) is 1.70. The van der Waals surface area contributed by atoms with Crippen molar-refractivity contribution in [2.24, 2.45) is 5.92 Å². The van der Waals surface area contributed by atoms with Crippen molar-refractivity contribution < 1.29 is 4.74 Å². The predicted octanol–water partition coefficient (Wildman–Crippen LogP) is 2.40. The van der Waals surface area contributed by atoms with E-state index in [1.807, 2.05) is 12.1 Å². The molecule has 2 fully saturated rings. The molecule has 0 radical (unpaired) electrons. The Labute approximate surface area is 164 Å². The third kappa shape index (κ3) is 3.46. The average Bonchev–Trinajstić information content (AvgIpc) is 3.12. The van der Waals surface area contributed by atoms with Crippen molar-refractivity contribution in [1.29, 1.82) is 0 Å². The normalized spacial score (nSPS) is 19.3. The predicted molar refractivity (Wildman–Crippen MR) is 104 cm³/mol. The molecule has 2 aromatic heterocycles. The third-order valence-corrected chi connectivity index (χ3v) is 5.79. The minimum absolute atomic E-state index is 0.509. The molecule has 1 N–H and O–H groups in total. The van der Waals surface area contributed by atoms with Gasteiger partial charge in [-0.1, -0.05) is 12.1 Å². The van der Waals surface area contributed by atoms with E-state index in [2.05, 4.69) is 47.0 Å².